The van der Waals surface area contributed by atoms with E-state index in [9.17, 15) is 9.59 Å². The van der Waals surface area contributed by atoms with Gasteiger partial charge in [0, 0.05) is 33.0 Å². The van der Waals surface area contributed by atoms with Crippen molar-refractivity contribution < 1.29 is 9.59 Å². The number of hydrogen-bond acceptors (Lipinski definition) is 2. The van der Waals surface area contributed by atoms with Crippen molar-refractivity contribution in [2.24, 2.45) is 0 Å². The summed E-state index contributed by atoms with van der Waals surface area (Å²) in [7, 11) is 0. The molecule has 4 nitrogen and oxygen atoms in total. The van der Waals surface area contributed by atoms with E-state index in [0.717, 1.165) is 19.4 Å². The van der Waals surface area contributed by atoms with Gasteiger partial charge in [-0.3, -0.25) is 9.59 Å². The lowest BCUT2D eigenvalue weighted by Crippen LogP contribution is -2.34. The van der Waals surface area contributed by atoms with E-state index in [1.807, 2.05) is 0 Å². The molecule has 0 radical (unpaired) electrons. The van der Waals surface area contributed by atoms with Crippen LogP contribution in [-0.4, -0.2) is 36.3 Å². The summed E-state index contributed by atoms with van der Waals surface area (Å²) in [4.78, 5) is 24.3. The average Bonchev–Trinajstić information content (AvgIpc) is 2.25. The quantitative estimate of drug-likeness (QED) is 0.635. The Hall–Kier alpha value is -1.32. The van der Waals surface area contributed by atoms with Crippen molar-refractivity contribution in [3.63, 3.8) is 0 Å². The summed E-state index contributed by atoms with van der Waals surface area (Å²) in [6, 6.07) is 0. The van der Waals surface area contributed by atoms with Crippen molar-refractivity contribution in [1.29, 1.82) is 0 Å². The Morgan fingerprint density at radius 3 is 2.56 bits per heavy atom. The van der Waals surface area contributed by atoms with Crippen LogP contribution in [0, 0.1) is 0 Å². The standard InChI is InChI=1S/C12H22N2O2/c1-4-6-9-14(11(3)15)10-7-12(16)13-8-5-2/h5H,2,4,6-10H2,1,3H3,(H,13,16). The first kappa shape index (κ1) is 14.7. The number of amides is 2. The van der Waals surface area contributed by atoms with Gasteiger partial charge in [-0.25, -0.2) is 0 Å². The summed E-state index contributed by atoms with van der Waals surface area (Å²) in [6.07, 6.45) is 4.02. The zero-order valence-electron chi connectivity index (χ0n) is 10.3. The van der Waals surface area contributed by atoms with Gasteiger partial charge in [-0.15, -0.1) is 6.58 Å². The molecule has 0 saturated heterocycles. The molecule has 0 fully saturated rings. The summed E-state index contributed by atoms with van der Waals surface area (Å²) >= 11 is 0. The third-order valence-corrected chi connectivity index (χ3v) is 2.28. The molecule has 0 aromatic carbocycles. The predicted octanol–water partition coefficient (Wildman–Crippen LogP) is 1.33. The Bertz CT molecular complexity index is 239. The van der Waals surface area contributed by atoms with Gasteiger partial charge in [-0.05, 0) is 6.42 Å². The van der Waals surface area contributed by atoms with E-state index in [0.29, 0.717) is 19.5 Å². The molecule has 0 heterocycles. The van der Waals surface area contributed by atoms with Crippen LogP contribution in [-0.2, 0) is 9.59 Å². The van der Waals surface area contributed by atoms with Gasteiger partial charge in [0.25, 0.3) is 0 Å². The van der Waals surface area contributed by atoms with Gasteiger partial charge < -0.3 is 10.2 Å². The van der Waals surface area contributed by atoms with E-state index < -0.39 is 0 Å². The molecular formula is C12H22N2O2. The van der Waals surface area contributed by atoms with E-state index in [4.69, 9.17) is 0 Å². The number of unbranched alkanes of at least 4 members (excludes halogenated alkanes) is 1. The molecule has 1 N–H and O–H groups in total. The van der Waals surface area contributed by atoms with Crippen molar-refractivity contribution in [2.75, 3.05) is 19.6 Å². The zero-order chi connectivity index (χ0) is 12.4. The van der Waals surface area contributed by atoms with E-state index in [-0.39, 0.29) is 11.8 Å². The Kier molecular flexibility index (Phi) is 8.21. The second-order valence-electron chi connectivity index (χ2n) is 3.70. The lowest BCUT2D eigenvalue weighted by molar-refractivity contribution is -0.129. The van der Waals surface area contributed by atoms with Crippen molar-refractivity contribution in [3.05, 3.63) is 12.7 Å². The van der Waals surface area contributed by atoms with Crippen LogP contribution in [0.3, 0.4) is 0 Å². The smallest absolute Gasteiger partial charge is 0.222 e. The molecule has 4 heteroatoms. The molecule has 0 rings (SSSR count). The summed E-state index contributed by atoms with van der Waals surface area (Å²) < 4.78 is 0. The highest BCUT2D eigenvalue weighted by molar-refractivity contribution is 5.78. The molecule has 0 saturated carbocycles. The molecule has 0 aliphatic rings. The summed E-state index contributed by atoms with van der Waals surface area (Å²) in [5, 5.41) is 2.69. The number of hydrogen-bond donors (Lipinski definition) is 1. The van der Waals surface area contributed by atoms with E-state index in [1.54, 1.807) is 11.0 Å². The largest absolute Gasteiger partial charge is 0.353 e. The number of rotatable bonds is 8. The first-order chi connectivity index (χ1) is 7.61. The predicted molar refractivity (Wildman–Crippen MR) is 65.0 cm³/mol. The Morgan fingerprint density at radius 2 is 2.06 bits per heavy atom. The third-order valence-electron chi connectivity index (χ3n) is 2.28. The van der Waals surface area contributed by atoms with Crippen LogP contribution in [0.15, 0.2) is 12.7 Å². The maximum Gasteiger partial charge on any atom is 0.222 e. The van der Waals surface area contributed by atoms with Gasteiger partial charge in [-0.2, -0.15) is 0 Å². The molecule has 0 aromatic rings. The number of carbonyl (C=O) groups is 2. The fourth-order valence-electron chi connectivity index (χ4n) is 1.29. The fourth-order valence-corrected chi connectivity index (χ4v) is 1.29. The monoisotopic (exact) mass is 226 g/mol. The molecule has 92 valence electrons. The average molecular weight is 226 g/mol. The van der Waals surface area contributed by atoms with Gasteiger partial charge in [-0.1, -0.05) is 19.4 Å². The molecule has 0 bridgehead atoms. The maximum absolute atomic E-state index is 11.3. The van der Waals surface area contributed by atoms with Crippen LogP contribution >= 0.6 is 0 Å². The fraction of sp³-hybridized carbons (Fsp3) is 0.667. The molecule has 2 amide bonds. The van der Waals surface area contributed by atoms with E-state index >= 15 is 0 Å². The van der Waals surface area contributed by atoms with Gasteiger partial charge in [0.05, 0.1) is 0 Å². The molecule has 0 aliphatic carbocycles. The Balaban J connectivity index is 3.86. The normalized spacial score (nSPS) is 9.62. The van der Waals surface area contributed by atoms with Crippen LogP contribution in [0.1, 0.15) is 33.1 Å². The highest BCUT2D eigenvalue weighted by Gasteiger charge is 2.09. The third kappa shape index (κ3) is 7.04. The summed E-state index contributed by atoms with van der Waals surface area (Å²) in [5.41, 5.74) is 0. The molecular weight excluding hydrogens is 204 g/mol. The van der Waals surface area contributed by atoms with Crippen LogP contribution in [0.25, 0.3) is 0 Å². The lowest BCUT2D eigenvalue weighted by Gasteiger charge is -2.20. The minimum Gasteiger partial charge on any atom is -0.353 e. The summed E-state index contributed by atoms with van der Waals surface area (Å²) in [6.45, 7) is 8.85. The van der Waals surface area contributed by atoms with Crippen LogP contribution in [0.4, 0.5) is 0 Å². The molecule has 0 spiro atoms. The van der Waals surface area contributed by atoms with Crippen molar-refractivity contribution in [3.8, 4) is 0 Å². The van der Waals surface area contributed by atoms with Crippen molar-refractivity contribution in [2.45, 2.75) is 33.1 Å². The van der Waals surface area contributed by atoms with Gasteiger partial charge in [0.2, 0.25) is 11.8 Å². The van der Waals surface area contributed by atoms with Gasteiger partial charge in [0.15, 0.2) is 0 Å². The van der Waals surface area contributed by atoms with E-state index in [1.165, 1.54) is 6.92 Å². The first-order valence-electron chi connectivity index (χ1n) is 5.75. The molecule has 0 unspecified atom stereocenters. The van der Waals surface area contributed by atoms with Gasteiger partial charge in [0.1, 0.15) is 0 Å². The maximum atomic E-state index is 11.3. The molecule has 0 aliphatic heterocycles. The molecule has 0 aromatic heterocycles. The highest BCUT2D eigenvalue weighted by Crippen LogP contribution is 1.97. The molecule has 16 heavy (non-hydrogen) atoms. The van der Waals surface area contributed by atoms with Crippen LogP contribution in [0.2, 0.25) is 0 Å². The minimum absolute atomic E-state index is 0.0324. The SMILES string of the molecule is C=CCNC(=O)CCN(CCCC)C(C)=O. The number of nitrogens with one attached hydrogen (secondary N) is 1. The first-order valence-corrected chi connectivity index (χ1v) is 5.75. The second kappa shape index (κ2) is 8.95. The van der Waals surface area contributed by atoms with Crippen LogP contribution < -0.4 is 5.32 Å². The van der Waals surface area contributed by atoms with Crippen molar-refractivity contribution >= 4 is 11.8 Å². The summed E-state index contributed by atoms with van der Waals surface area (Å²) in [5.74, 6) is -0.00683. The number of nitrogens with zero attached hydrogens (tertiary/aromatic N) is 1. The zero-order valence-corrected chi connectivity index (χ0v) is 10.3. The van der Waals surface area contributed by atoms with Crippen molar-refractivity contribution in [1.82, 2.24) is 10.2 Å². The Labute approximate surface area is 97.7 Å². The Morgan fingerprint density at radius 1 is 1.38 bits per heavy atom. The lowest BCUT2D eigenvalue weighted by atomic mass is 10.3. The van der Waals surface area contributed by atoms with E-state index in [2.05, 4.69) is 18.8 Å². The molecule has 0 atom stereocenters. The van der Waals surface area contributed by atoms with Crippen LogP contribution in [0.5, 0.6) is 0 Å². The minimum atomic E-state index is -0.0392. The second-order valence-corrected chi connectivity index (χ2v) is 3.70. The highest BCUT2D eigenvalue weighted by atomic mass is 16.2. The number of carbonyl (C=O) groups excluding carboxylic acids is 2. The van der Waals surface area contributed by atoms with Gasteiger partial charge >= 0.3 is 0 Å². The topological polar surface area (TPSA) is 49.4 Å².